The average Bonchev–Trinajstić information content (AvgIpc) is 3.31. The fraction of sp³-hybridized carbons (Fsp3) is 0.444. The quantitative estimate of drug-likeness (QED) is 0.707. The van der Waals surface area contributed by atoms with Gasteiger partial charge in [0.15, 0.2) is 11.7 Å². The van der Waals surface area contributed by atoms with Crippen LogP contribution in [0, 0.1) is 0 Å². The molecule has 0 aliphatic carbocycles. The molecule has 2 aromatic heterocycles. The van der Waals surface area contributed by atoms with E-state index in [1.165, 1.54) is 17.4 Å². The highest BCUT2D eigenvalue weighted by Crippen LogP contribution is 2.42. The Labute approximate surface area is 162 Å². The molecule has 0 radical (unpaired) electrons. The number of alkyl halides is 3. The Hall–Kier alpha value is -2.17. The molecular formula is C18H17F3N4O2S. The highest BCUT2D eigenvalue weighted by Gasteiger charge is 2.43. The summed E-state index contributed by atoms with van der Waals surface area (Å²) in [5, 5.41) is 5.90. The number of halogens is 3. The fourth-order valence-corrected chi connectivity index (χ4v) is 4.65. The lowest BCUT2D eigenvalue weighted by atomic mass is 9.92. The average molecular weight is 410 g/mol. The second kappa shape index (κ2) is 6.43. The summed E-state index contributed by atoms with van der Waals surface area (Å²) in [6, 6.07) is 4.08. The van der Waals surface area contributed by atoms with E-state index in [0.29, 0.717) is 34.3 Å². The van der Waals surface area contributed by atoms with Gasteiger partial charge in [-0.2, -0.15) is 18.2 Å². The molecule has 10 heteroatoms. The first-order valence-corrected chi connectivity index (χ1v) is 9.76. The molecule has 148 valence electrons. The summed E-state index contributed by atoms with van der Waals surface area (Å²) in [4.78, 5) is 10.7. The van der Waals surface area contributed by atoms with E-state index >= 15 is 0 Å². The van der Waals surface area contributed by atoms with Gasteiger partial charge in [0.2, 0.25) is 0 Å². The van der Waals surface area contributed by atoms with Crippen molar-refractivity contribution in [1.29, 1.82) is 0 Å². The molecule has 3 saturated heterocycles. The van der Waals surface area contributed by atoms with Crippen molar-refractivity contribution >= 4 is 28.5 Å². The summed E-state index contributed by atoms with van der Waals surface area (Å²) in [5.41, 5.74) is 1.05. The van der Waals surface area contributed by atoms with Crippen molar-refractivity contribution in [3.63, 3.8) is 0 Å². The van der Waals surface area contributed by atoms with Gasteiger partial charge < -0.3 is 19.4 Å². The van der Waals surface area contributed by atoms with Crippen molar-refractivity contribution in [1.82, 2.24) is 15.3 Å². The van der Waals surface area contributed by atoms with E-state index in [1.54, 1.807) is 12.3 Å². The van der Waals surface area contributed by atoms with E-state index in [0.717, 1.165) is 26.6 Å². The van der Waals surface area contributed by atoms with Gasteiger partial charge in [0.25, 0.3) is 6.01 Å². The van der Waals surface area contributed by atoms with Gasteiger partial charge in [0, 0.05) is 49.4 Å². The van der Waals surface area contributed by atoms with Crippen LogP contribution in [-0.2, 0) is 4.74 Å². The first-order valence-electron chi connectivity index (χ1n) is 8.88. The zero-order chi connectivity index (χ0) is 19.5. The van der Waals surface area contributed by atoms with E-state index in [4.69, 9.17) is 9.15 Å². The van der Waals surface area contributed by atoms with Crippen molar-refractivity contribution in [2.75, 3.05) is 25.1 Å². The zero-order valence-electron chi connectivity index (χ0n) is 14.9. The Morgan fingerprint density at radius 2 is 2.07 bits per heavy atom. The number of rotatable bonds is 4. The van der Waals surface area contributed by atoms with Crippen LogP contribution in [0.15, 0.2) is 28.1 Å². The second-order valence-corrected chi connectivity index (χ2v) is 7.97. The summed E-state index contributed by atoms with van der Waals surface area (Å²) in [6.07, 6.45) is -3.88. The second-order valence-electron chi connectivity index (χ2n) is 7.07. The number of nitrogens with zero attached hydrogens (tertiary/aromatic N) is 3. The first-order chi connectivity index (χ1) is 13.4. The van der Waals surface area contributed by atoms with E-state index in [1.807, 2.05) is 10.3 Å². The summed E-state index contributed by atoms with van der Waals surface area (Å²) in [6.45, 7) is 1.44. The molecule has 3 aliphatic heterocycles. The molecule has 3 aromatic rings. The predicted octanol–water partition coefficient (Wildman–Crippen LogP) is 3.75. The number of methoxy groups -OCH3 is 1. The molecule has 28 heavy (non-hydrogen) atoms. The molecule has 1 N–H and O–H groups in total. The van der Waals surface area contributed by atoms with Crippen molar-refractivity contribution in [2.24, 2.45) is 0 Å². The Kier molecular flexibility index (Phi) is 4.11. The van der Waals surface area contributed by atoms with Gasteiger partial charge in [-0.05, 0) is 12.5 Å². The van der Waals surface area contributed by atoms with Gasteiger partial charge in [0.1, 0.15) is 10.5 Å². The summed E-state index contributed by atoms with van der Waals surface area (Å²) >= 11 is 1.39. The summed E-state index contributed by atoms with van der Waals surface area (Å²) < 4.78 is 51.3. The summed E-state index contributed by atoms with van der Waals surface area (Å²) in [7, 11) is 1.05. The highest BCUT2D eigenvalue weighted by molar-refractivity contribution is 7.13. The van der Waals surface area contributed by atoms with Gasteiger partial charge in [-0.15, -0.1) is 11.3 Å². The number of benzene rings is 1. The standard InChI is InChI=1S/C18H17F3N4O2S/c1-26-15(18(19,20)21)11-2-3-12(16-22-4-5-28-16)14-13(11)24-17(27-14)25-7-9-6-10(8-25)23-9/h2-5,9-10,15,23H,6-8H2,1H3/t9?,10?,15-/m0/s1. The SMILES string of the molecule is CO[C@@H](c1ccc(-c2nccs2)c2oc(N3CC4CC(C3)N4)nc12)C(F)(F)F. The van der Waals surface area contributed by atoms with Crippen LogP contribution in [0.4, 0.5) is 19.2 Å². The lowest BCUT2D eigenvalue weighted by Crippen LogP contribution is -2.67. The predicted molar refractivity (Wildman–Crippen MR) is 98.5 cm³/mol. The number of aromatic nitrogens is 2. The number of anilines is 1. The molecule has 3 atom stereocenters. The minimum absolute atomic E-state index is 0.0550. The van der Waals surface area contributed by atoms with E-state index in [-0.39, 0.29) is 11.1 Å². The smallest absolute Gasteiger partial charge is 0.418 e. The molecule has 2 bridgehead atoms. The van der Waals surface area contributed by atoms with Crippen LogP contribution in [0.3, 0.4) is 0 Å². The van der Waals surface area contributed by atoms with Gasteiger partial charge in [-0.3, -0.25) is 0 Å². The molecule has 0 amide bonds. The monoisotopic (exact) mass is 410 g/mol. The molecule has 6 nitrogen and oxygen atoms in total. The normalized spacial score (nSPS) is 23.1. The Morgan fingerprint density at radius 3 is 2.68 bits per heavy atom. The number of hydrogen-bond donors (Lipinski definition) is 1. The third-order valence-electron chi connectivity index (χ3n) is 5.23. The number of fused-ring (bicyclic) bond motifs is 3. The molecule has 0 spiro atoms. The van der Waals surface area contributed by atoms with Gasteiger partial charge in [0.05, 0.1) is 5.56 Å². The molecule has 6 rings (SSSR count). The maximum Gasteiger partial charge on any atom is 0.418 e. The zero-order valence-corrected chi connectivity index (χ0v) is 15.7. The highest BCUT2D eigenvalue weighted by atomic mass is 32.1. The number of piperazine rings is 1. The number of piperidine rings is 1. The number of ether oxygens (including phenoxy) is 1. The third-order valence-corrected chi connectivity index (χ3v) is 6.04. The van der Waals surface area contributed by atoms with Crippen LogP contribution in [0.1, 0.15) is 18.1 Å². The van der Waals surface area contributed by atoms with Crippen LogP contribution in [0.5, 0.6) is 0 Å². The fourth-order valence-electron chi connectivity index (χ4n) is 3.99. The lowest BCUT2D eigenvalue weighted by molar-refractivity contribution is -0.215. The molecule has 0 saturated carbocycles. The van der Waals surface area contributed by atoms with E-state index in [2.05, 4.69) is 15.3 Å². The van der Waals surface area contributed by atoms with Crippen molar-refractivity contribution in [3.05, 3.63) is 29.3 Å². The lowest BCUT2D eigenvalue weighted by Gasteiger charge is -2.47. The van der Waals surface area contributed by atoms with Gasteiger partial charge in [-0.1, -0.05) is 6.07 Å². The van der Waals surface area contributed by atoms with Gasteiger partial charge >= 0.3 is 6.18 Å². The number of oxazole rings is 1. The third kappa shape index (κ3) is 2.87. The largest absolute Gasteiger partial charge is 0.423 e. The van der Waals surface area contributed by atoms with Crippen LogP contribution < -0.4 is 10.2 Å². The van der Waals surface area contributed by atoms with Crippen LogP contribution in [0.25, 0.3) is 21.7 Å². The minimum atomic E-state index is -4.56. The van der Waals surface area contributed by atoms with E-state index in [9.17, 15) is 13.2 Å². The van der Waals surface area contributed by atoms with Crippen molar-refractivity contribution in [3.8, 4) is 10.6 Å². The number of thiazole rings is 1. The molecular weight excluding hydrogens is 393 g/mol. The maximum atomic E-state index is 13.5. The van der Waals surface area contributed by atoms with Crippen LogP contribution >= 0.6 is 11.3 Å². The van der Waals surface area contributed by atoms with Gasteiger partial charge in [-0.25, -0.2) is 4.98 Å². The molecule has 2 unspecified atom stereocenters. The summed E-state index contributed by atoms with van der Waals surface area (Å²) in [5.74, 6) is 0. The van der Waals surface area contributed by atoms with Crippen molar-refractivity contribution in [2.45, 2.75) is 30.8 Å². The Bertz CT molecular complexity index is 988. The van der Waals surface area contributed by atoms with E-state index < -0.39 is 12.3 Å². The first kappa shape index (κ1) is 17.9. The Balaban J connectivity index is 1.66. The molecule has 3 fully saturated rings. The maximum absolute atomic E-state index is 13.5. The van der Waals surface area contributed by atoms with Crippen LogP contribution in [0.2, 0.25) is 0 Å². The Morgan fingerprint density at radius 1 is 1.32 bits per heavy atom. The molecule has 5 heterocycles. The minimum Gasteiger partial charge on any atom is -0.423 e. The topological polar surface area (TPSA) is 63.4 Å². The van der Waals surface area contributed by atoms with Crippen molar-refractivity contribution < 1.29 is 22.3 Å². The van der Waals surface area contributed by atoms with Crippen LogP contribution in [-0.4, -0.2) is 48.4 Å². The molecule has 3 aliphatic rings. The molecule has 1 aromatic carbocycles. The number of nitrogens with one attached hydrogen (secondary N) is 1. The number of hydrogen-bond acceptors (Lipinski definition) is 7.